The van der Waals surface area contributed by atoms with Gasteiger partial charge < -0.3 is 9.84 Å². The predicted octanol–water partition coefficient (Wildman–Crippen LogP) is 3.83. The van der Waals surface area contributed by atoms with E-state index in [-0.39, 0.29) is 6.10 Å². The van der Waals surface area contributed by atoms with Gasteiger partial charge in [0.05, 0.1) is 6.10 Å². The van der Waals surface area contributed by atoms with Gasteiger partial charge in [0, 0.05) is 17.7 Å². The third kappa shape index (κ3) is 4.40. The first-order valence-corrected chi connectivity index (χ1v) is 8.91. The molecular formula is C17H24O4S. The van der Waals surface area contributed by atoms with Gasteiger partial charge in [-0.1, -0.05) is 25.8 Å². The Morgan fingerprint density at radius 3 is 2.68 bits per heavy atom. The fraction of sp³-hybridized carbons (Fsp3) is 0.647. The quantitative estimate of drug-likeness (QED) is 0.496. The molecule has 1 aromatic rings. The number of hydrogen-bond acceptors (Lipinski definition) is 4. The van der Waals surface area contributed by atoms with Crippen molar-refractivity contribution in [2.75, 3.05) is 0 Å². The van der Waals surface area contributed by atoms with E-state index in [1.807, 2.05) is 24.4 Å². The van der Waals surface area contributed by atoms with Gasteiger partial charge in [-0.2, -0.15) is 0 Å². The van der Waals surface area contributed by atoms with Crippen molar-refractivity contribution in [3.05, 3.63) is 22.4 Å². The molecule has 0 aromatic carbocycles. The van der Waals surface area contributed by atoms with Crippen LogP contribution in [-0.4, -0.2) is 28.6 Å². The van der Waals surface area contributed by atoms with Gasteiger partial charge in [-0.15, -0.1) is 11.3 Å². The molecule has 1 aliphatic rings. The van der Waals surface area contributed by atoms with Crippen molar-refractivity contribution in [3.8, 4) is 0 Å². The van der Waals surface area contributed by atoms with Gasteiger partial charge >= 0.3 is 5.97 Å². The molecule has 2 heterocycles. The van der Waals surface area contributed by atoms with Gasteiger partial charge in [-0.25, -0.2) is 4.79 Å². The summed E-state index contributed by atoms with van der Waals surface area (Å²) in [5.41, 5.74) is -0.913. The lowest BCUT2D eigenvalue weighted by atomic mass is 9.95. The van der Waals surface area contributed by atoms with Gasteiger partial charge in [0.15, 0.2) is 5.60 Å². The fourth-order valence-corrected chi connectivity index (χ4v) is 3.64. The smallest absolute Gasteiger partial charge is 0.338 e. The molecular weight excluding hydrogens is 300 g/mol. The Morgan fingerprint density at radius 1 is 1.32 bits per heavy atom. The van der Waals surface area contributed by atoms with Crippen LogP contribution in [0, 0.1) is 0 Å². The van der Waals surface area contributed by atoms with Gasteiger partial charge in [-0.3, -0.25) is 4.79 Å². The molecule has 1 saturated heterocycles. The van der Waals surface area contributed by atoms with Crippen LogP contribution in [0.5, 0.6) is 0 Å². The van der Waals surface area contributed by atoms with Crippen LogP contribution >= 0.6 is 11.3 Å². The number of ketones is 1. The van der Waals surface area contributed by atoms with Crippen molar-refractivity contribution < 1.29 is 19.4 Å². The van der Waals surface area contributed by atoms with E-state index in [4.69, 9.17) is 4.74 Å². The number of aliphatic carboxylic acids is 1. The molecule has 1 N–H and O–H groups in total. The zero-order chi connectivity index (χ0) is 16.0. The number of unbranched alkanes of at least 4 members (excludes halogenated alkanes) is 3. The average molecular weight is 324 g/mol. The molecule has 0 amide bonds. The molecule has 1 aromatic heterocycles. The van der Waals surface area contributed by atoms with E-state index in [0.29, 0.717) is 25.0 Å². The maximum atomic E-state index is 11.8. The number of Topliss-reactive ketones (excluding diaryl/α,β-unsaturated/α-hetero) is 1. The van der Waals surface area contributed by atoms with E-state index in [2.05, 4.69) is 0 Å². The summed E-state index contributed by atoms with van der Waals surface area (Å²) in [7, 11) is 0. The Bertz CT molecular complexity index is 497. The van der Waals surface area contributed by atoms with Gasteiger partial charge in [0.25, 0.3) is 0 Å². The fourth-order valence-electron chi connectivity index (χ4n) is 2.91. The topological polar surface area (TPSA) is 66.9 Å². The number of hydrogen-bond donors (Lipinski definition) is 1. The Morgan fingerprint density at radius 2 is 2.09 bits per heavy atom. The molecule has 1 aliphatic heterocycles. The average Bonchev–Trinajstić information content (AvgIpc) is 3.00. The number of carbonyl (C=O) groups excluding carboxylic acids is 1. The van der Waals surface area contributed by atoms with Crippen LogP contribution in [0.25, 0.3) is 0 Å². The minimum atomic E-state index is -0.913. The summed E-state index contributed by atoms with van der Waals surface area (Å²) < 4.78 is 5.37. The molecule has 1 fully saturated rings. The summed E-state index contributed by atoms with van der Waals surface area (Å²) in [6.07, 6.45) is 6.07. The Balaban J connectivity index is 1.54. The molecule has 0 aliphatic carbocycles. The molecule has 0 radical (unpaired) electrons. The zero-order valence-corrected chi connectivity index (χ0v) is 13.9. The SMILES string of the molecule is CCC1OC1(CCCCCCC(=O)Cc1cccs1)C(=O)O. The summed E-state index contributed by atoms with van der Waals surface area (Å²) in [6, 6.07) is 3.96. The second-order valence-corrected chi connectivity index (χ2v) is 6.95. The maximum absolute atomic E-state index is 11.8. The van der Waals surface area contributed by atoms with E-state index in [1.54, 1.807) is 11.3 Å². The molecule has 0 saturated carbocycles. The minimum absolute atomic E-state index is 0.114. The van der Waals surface area contributed by atoms with Crippen molar-refractivity contribution in [1.29, 1.82) is 0 Å². The molecule has 2 unspecified atom stereocenters. The van der Waals surface area contributed by atoms with Crippen molar-refractivity contribution in [2.45, 2.75) is 70.0 Å². The standard InChI is InChI=1S/C17H24O4S/c1-2-15-17(21-15,16(19)20)10-6-4-3-5-8-13(18)12-14-9-7-11-22-14/h7,9,11,15H,2-6,8,10,12H2,1H3,(H,19,20). The molecule has 2 atom stereocenters. The second kappa shape index (κ2) is 7.88. The lowest BCUT2D eigenvalue weighted by Gasteiger charge is -2.07. The highest BCUT2D eigenvalue weighted by atomic mass is 32.1. The van der Waals surface area contributed by atoms with Gasteiger partial charge in [0.2, 0.25) is 0 Å². The van der Waals surface area contributed by atoms with E-state index in [1.165, 1.54) is 0 Å². The zero-order valence-electron chi connectivity index (χ0n) is 13.0. The van der Waals surface area contributed by atoms with Crippen molar-refractivity contribution >= 4 is 23.1 Å². The molecule has 22 heavy (non-hydrogen) atoms. The van der Waals surface area contributed by atoms with E-state index in [9.17, 15) is 14.7 Å². The van der Waals surface area contributed by atoms with Gasteiger partial charge in [0.1, 0.15) is 5.78 Å². The molecule has 2 rings (SSSR count). The number of carbonyl (C=O) groups is 2. The molecule has 4 nitrogen and oxygen atoms in total. The first-order chi connectivity index (χ1) is 10.6. The summed E-state index contributed by atoms with van der Waals surface area (Å²) >= 11 is 1.62. The predicted molar refractivity (Wildman–Crippen MR) is 86.3 cm³/mol. The Kier molecular flexibility index (Phi) is 6.15. The number of ether oxygens (including phenoxy) is 1. The van der Waals surface area contributed by atoms with Crippen LogP contribution in [0.15, 0.2) is 17.5 Å². The second-order valence-electron chi connectivity index (χ2n) is 5.92. The first-order valence-electron chi connectivity index (χ1n) is 8.04. The van der Waals surface area contributed by atoms with Crippen LogP contribution in [-0.2, 0) is 20.7 Å². The van der Waals surface area contributed by atoms with Crippen molar-refractivity contribution in [3.63, 3.8) is 0 Å². The van der Waals surface area contributed by atoms with E-state index < -0.39 is 11.6 Å². The lowest BCUT2D eigenvalue weighted by molar-refractivity contribution is -0.143. The van der Waals surface area contributed by atoms with Crippen LogP contribution in [0.1, 0.15) is 56.7 Å². The third-order valence-corrected chi connectivity index (χ3v) is 5.13. The number of rotatable bonds is 11. The van der Waals surface area contributed by atoms with Crippen LogP contribution in [0.4, 0.5) is 0 Å². The summed E-state index contributed by atoms with van der Waals surface area (Å²) in [5, 5.41) is 11.2. The number of carboxylic acid groups (broad SMARTS) is 1. The third-order valence-electron chi connectivity index (χ3n) is 4.25. The first kappa shape index (κ1) is 17.2. The minimum Gasteiger partial charge on any atom is -0.479 e. The van der Waals surface area contributed by atoms with E-state index in [0.717, 1.165) is 37.0 Å². The monoisotopic (exact) mass is 324 g/mol. The molecule has 122 valence electrons. The van der Waals surface area contributed by atoms with Gasteiger partial charge in [-0.05, 0) is 37.1 Å². The highest BCUT2D eigenvalue weighted by molar-refractivity contribution is 7.10. The number of thiophene rings is 1. The van der Waals surface area contributed by atoms with Crippen LogP contribution in [0.2, 0.25) is 0 Å². The van der Waals surface area contributed by atoms with Crippen LogP contribution in [0.3, 0.4) is 0 Å². The molecule has 5 heteroatoms. The Hall–Kier alpha value is -1.20. The summed E-state index contributed by atoms with van der Waals surface area (Å²) in [6.45, 7) is 1.95. The lowest BCUT2D eigenvalue weighted by Crippen LogP contribution is -2.26. The number of epoxide rings is 1. The number of carboxylic acids is 1. The summed E-state index contributed by atoms with van der Waals surface area (Å²) in [5.74, 6) is -0.536. The molecule has 0 spiro atoms. The largest absolute Gasteiger partial charge is 0.479 e. The maximum Gasteiger partial charge on any atom is 0.338 e. The van der Waals surface area contributed by atoms with Crippen molar-refractivity contribution in [2.24, 2.45) is 0 Å². The summed E-state index contributed by atoms with van der Waals surface area (Å²) in [4.78, 5) is 24.2. The highest BCUT2D eigenvalue weighted by Crippen LogP contribution is 2.43. The highest BCUT2D eigenvalue weighted by Gasteiger charge is 2.61. The Labute approximate surface area is 135 Å². The van der Waals surface area contributed by atoms with Crippen molar-refractivity contribution in [1.82, 2.24) is 0 Å². The van der Waals surface area contributed by atoms with Crippen LogP contribution < -0.4 is 0 Å². The molecule has 0 bridgehead atoms. The van der Waals surface area contributed by atoms with E-state index >= 15 is 0 Å². The normalized spacial score (nSPS) is 23.4.